The molecule has 0 atom stereocenters. The first kappa shape index (κ1) is 12.2. The fourth-order valence-electron chi connectivity index (χ4n) is 1.66. The molecule has 1 aromatic carbocycles. The lowest BCUT2D eigenvalue weighted by Crippen LogP contribution is -2.05. The molecule has 0 saturated heterocycles. The molecule has 0 radical (unpaired) electrons. The van der Waals surface area contributed by atoms with Gasteiger partial charge in [0, 0.05) is 11.9 Å². The Hall–Kier alpha value is -1.29. The molecule has 3 nitrogen and oxygen atoms in total. The summed E-state index contributed by atoms with van der Waals surface area (Å²) in [5.41, 5.74) is 1.01. The predicted octanol–water partition coefficient (Wildman–Crippen LogP) is 3.56. The van der Waals surface area contributed by atoms with Crippen LogP contribution in [0.15, 0.2) is 29.4 Å². The molecule has 1 N–H and O–H groups in total. The van der Waals surface area contributed by atoms with Crippen molar-refractivity contribution in [1.29, 1.82) is 0 Å². The van der Waals surface area contributed by atoms with Gasteiger partial charge in [-0.25, -0.2) is 9.97 Å². The van der Waals surface area contributed by atoms with Crippen LogP contribution in [0.2, 0.25) is 0 Å². The van der Waals surface area contributed by atoms with Crippen LogP contribution >= 0.6 is 11.8 Å². The maximum atomic E-state index is 4.53. The van der Waals surface area contributed by atoms with Gasteiger partial charge in [-0.1, -0.05) is 37.2 Å². The lowest BCUT2D eigenvalue weighted by molar-refractivity contribution is 0.828. The van der Waals surface area contributed by atoms with Gasteiger partial charge in [-0.05, 0) is 24.8 Å². The molecule has 2 aromatic rings. The highest BCUT2D eigenvalue weighted by Gasteiger charge is 2.05. The number of hydrogen-bond donors (Lipinski definition) is 1. The van der Waals surface area contributed by atoms with E-state index in [0.717, 1.165) is 34.8 Å². The summed E-state index contributed by atoms with van der Waals surface area (Å²) in [7, 11) is 0. The third-order valence-corrected chi connectivity index (χ3v) is 3.14. The van der Waals surface area contributed by atoms with Crippen LogP contribution in [-0.2, 0) is 0 Å². The zero-order chi connectivity index (χ0) is 12.1. The summed E-state index contributed by atoms with van der Waals surface area (Å²) in [4.78, 5) is 9.03. The van der Waals surface area contributed by atoms with Crippen molar-refractivity contribution in [3.63, 3.8) is 0 Å². The van der Waals surface area contributed by atoms with Crippen LogP contribution < -0.4 is 5.32 Å². The summed E-state index contributed by atoms with van der Waals surface area (Å²) in [5, 5.41) is 5.32. The van der Waals surface area contributed by atoms with Crippen molar-refractivity contribution in [1.82, 2.24) is 9.97 Å². The second-order valence-electron chi connectivity index (χ2n) is 3.86. The number of para-hydroxylation sites is 1. The summed E-state index contributed by atoms with van der Waals surface area (Å²) < 4.78 is 0. The Kier molecular flexibility index (Phi) is 4.20. The molecule has 1 heterocycles. The van der Waals surface area contributed by atoms with Crippen molar-refractivity contribution in [2.24, 2.45) is 0 Å². The van der Waals surface area contributed by atoms with Gasteiger partial charge in [0.2, 0.25) is 0 Å². The van der Waals surface area contributed by atoms with E-state index in [2.05, 4.69) is 28.3 Å². The number of benzene rings is 1. The number of aromatic nitrogens is 2. The van der Waals surface area contributed by atoms with E-state index in [4.69, 9.17) is 0 Å². The SMILES string of the molecule is CCCCNc1nc(SC)nc2ccccc12. The molecular formula is C13H17N3S. The van der Waals surface area contributed by atoms with Gasteiger partial charge in [-0.15, -0.1) is 0 Å². The van der Waals surface area contributed by atoms with Crippen LogP contribution in [0.4, 0.5) is 5.82 Å². The number of anilines is 1. The minimum Gasteiger partial charge on any atom is -0.369 e. The molecule has 0 aliphatic carbocycles. The molecule has 0 bridgehead atoms. The Balaban J connectivity index is 2.36. The van der Waals surface area contributed by atoms with Gasteiger partial charge in [0.05, 0.1) is 5.52 Å². The summed E-state index contributed by atoms with van der Waals surface area (Å²) in [5.74, 6) is 0.952. The van der Waals surface area contributed by atoms with Gasteiger partial charge in [-0.3, -0.25) is 0 Å². The number of nitrogens with zero attached hydrogens (tertiary/aromatic N) is 2. The van der Waals surface area contributed by atoms with E-state index in [1.54, 1.807) is 11.8 Å². The first-order valence-electron chi connectivity index (χ1n) is 5.89. The second-order valence-corrected chi connectivity index (χ2v) is 4.63. The molecule has 0 saturated carbocycles. The molecule has 1 aromatic heterocycles. The number of nitrogens with one attached hydrogen (secondary N) is 1. The van der Waals surface area contributed by atoms with Crippen LogP contribution in [0.3, 0.4) is 0 Å². The van der Waals surface area contributed by atoms with Crippen molar-refractivity contribution in [2.75, 3.05) is 18.1 Å². The third kappa shape index (κ3) is 2.88. The van der Waals surface area contributed by atoms with Gasteiger partial charge < -0.3 is 5.32 Å². The van der Waals surface area contributed by atoms with E-state index in [9.17, 15) is 0 Å². The molecular weight excluding hydrogens is 230 g/mol. The zero-order valence-corrected chi connectivity index (χ0v) is 11.0. The molecule has 0 unspecified atom stereocenters. The van der Waals surface area contributed by atoms with E-state index < -0.39 is 0 Å². The number of fused-ring (bicyclic) bond motifs is 1. The van der Waals surface area contributed by atoms with E-state index in [1.807, 2.05) is 24.5 Å². The van der Waals surface area contributed by atoms with Crippen molar-refractivity contribution in [3.05, 3.63) is 24.3 Å². The van der Waals surface area contributed by atoms with Crippen molar-refractivity contribution >= 4 is 28.5 Å². The van der Waals surface area contributed by atoms with Crippen LogP contribution in [0.5, 0.6) is 0 Å². The number of unbranched alkanes of at least 4 members (excludes halogenated alkanes) is 1. The Morgan fingerprint density at radius 1 is 1.24 bits per heavy atom. The van der Waals surface area contributed by atoms with Crippen LogP contribution in [0.25, 0.3) is 10.9 Å². The number of thioether (sulfide) groups is 1. The molecule has 0 aliphatic heterocycles. The molecule has 90 valence electrons. The van der Waals surface area contributed by atoms with Gasteiger partial charge >= 0.3 is 0 Å². The predicted molar refractivity (Wildman–Crippen MR) is 74.7 cm³/mol. The van der Waals surface area contributed by atoms with E-state index in [1.165, 1.54) is 6.42 Å². The van der Waals surface area contributed by atoms with Crippen LogP contribution in [0.1, 0.15) is 19.8 Å². The smallest absolute Gasteiger partial charge is 0.189 e. The Morgan fingerprint density at radius 3 is 2.82 bits per heavy atom. The highest BCUT2D eigenvalue weighted by Crippen LogP contribution is 2.23. The molecule has 17 heavy (non-hydrogen) atoms. The largest absolute Gasteiger partial charge is 0.369 e. The van der Waals surface area contributed by atoms with Crippen LogP contribution in [-0.4, -0.2) is 22.8 Å². The Morgan fingerprint density at radius 2 is 2.06 bits per heavy atom. The maximum absolute atomic E-state index is 4.53. The molecule has 0 fully saturated rings. The number of rotatable bonds is 5. The van der Waals surface area contributed by atoms with Gasteiger partial charge in [0.1, 0.15) is 5.82 Å². The third-order valence-electron chi connectivity index (χ3n) is 2.59. The zero-order valence-electron chi connectivity index (χ0n) is 10.2. The molecule has 4 heteroatoms. The molecule has 0 amide bonds. The highest BCUT2D eigenvalue weighted by atomic mass is 32.2. The first-order valence-corrected chi connectivity index (χ1v) is 7.12. The van der Waals surface area contributed by atoms with Crippen molar-refractivity contribution < 1.29 is 0 Å². The lowest BCUT2D eigenvalue weighted by atomic mass is 10.2. The summed E-state index contributed by atoms with van der Waals surface area (Å²) in [6.07, 6.45) is 4.35. The number of hydrogen-bond acceptors (Lipinski definition) is 4. The topological polar surface area (TPSA) is 37.8 Å². The highest BCUT2D eigenvalue weighted by molar-refractivity contribution is 7.98. The van der Waals surface area contributed by atoms with Gasteiger partial charge in [0.25, 0.3) is 0 Å². The maximum Gasteiger partial charge on any atom is 0.189 e. The monoisotopic (exact) mass is 247 g/mol. The summed E-state index contributed by atoms with van der Waals surface area (Å²) in [6.45, 7) is 3.15. The Bertz CT molecular complexity index is 499. The molecule has 2 rings (SSSR count). The minimum atomic E-state index is 0.822. The molecule has 0 spiro atoms. The molecule has 0 aliphatic rings. The average Bonchev–Trinajstić information content (AvgIpc) is 2.38. The van der Waals surface area contributed by atoms with Crippen molar-refractivity contribution in [3.8, 4) is 0 Å². The fourth-order valence-corrected chi connectivity index (χ4v) is 2.04. The summed E-state index contributed by atoms with van der Waals surface area (Å²) in [6, 6.07) is 8.13. The van der Waals surface area contributed by atoms with Gasteiger partial charge in [-0.2, -0.15) is 0 Å². The van der Waals surface area contributed by atoms with Crippen molar-refractivity contribution in [2.45, 2.75) is 24.9 Å². The van der Waals surface area contributed by atoms with Crippen LogP contribution in [0, 0.1) is 0 Å². The lowest BCUT2D eigenvalue weighted by Gasteiger charge is -2.09. The van der Waals surface area contributed by atoms with E-state index >= 15 is 0 Å². The average molecular weight is 247 g/mol. The van der Waals surface area contributed by atoms with E-state index in [0.29, 0.717) is 0 Å². The van der Waals surface area contributed by atoms with Gasteiger partial charge in [0.15, 0.2) is 5.16 Å². The second kappa shape index (κ2) is 5.87. The first-order chi connectivity index (χ1) is 8.35. The fraction of sp³-hybridized carbons (Fsp3) is 0.385. The Labute approximate surface area is 106 Å². The summed E-state index contributed by atoms with van der Waals surface area (Å²) >= 11 is 1.57. The normalized spacial score (nSPS) is 10.7. The van der Waals surface area contributed by atoms with E-state index in [-0.39, 0.29) is 0 Å². The minimum absolute atomic E-state index is 0.822. The standard InChI is InChI=1S/C13H17N3S/c1-3-4-9-14-12-10-7-5-6-8-11(10)15-13(16-12)17-2/h5-8H,3-4,9H2,1-2H3,(H,14,15,16). The quantitative estimate of drug-likeness (QED) is 0.498.